The molecule has 0 aliphatic carbocycles. The number of amides is 1. The molecule has 24 heavy (non-hydrogen) atoms. The quantitative estimate of drug-likeness (QED) is 0.758. The van der Waals surface area contributed by atoms with Crippen LogP contribution >= 0.6 is 0 Å². The summed E-state index contributed by atoms with van der Waals surface area (Å²) in [7, 11) is 0. The molecule has 0 aliphatic rings. The summed E-state index contributed by atoms with van der Waals surface area (Å²) in [5, 5.41) is 12.3. The standard InChI is InChI=1S/C20H18N2O2/c23-19-5-1-3-16(11-19)12-20(24)22-13-15-6-8-17(9-7-15)18-4-2-10-21-14-18/h1-11,14,23H,12-13H2,(H,22,24). The van der Waals surface area contributed by atoms with Crippen molar-refractivity contribution in [1.29, 1.82) is 0 Å². The number of nitrogens with zero attached hydrogens (tertiary/aromatic N) is 1. The molecule has 0 bridgehead atoms. The molecular weight excluding hydrogens is 300 g/mol. The van der Waals surface area contributed by atoms with Gasteiger partial charge in [0.2, 0.25) is 5.91 Å². The zero-order valence-electron chi connectivity index (χ0n) is 13.1. The third kappa shape index (κ3) is 4.20. The van der Waals surface area contributed by atoms with Gasteiger partial charge in [0.15, 0.2) is 0 Å². The topological polar surface area (TPSA) is 62.2 Å². The summed E-state index contributed by atoms with van der Waals surface area (Å²) in [6, 6.07) is 18.7. The SMILES string of the molecule is O=C(Cc1cccc(O)c1)NCc1ccc(-c2cccnc2)cc1. The molecule has 3 aromatic rings. The van der Waals surface area contributed by atoms with Gasteiger partial charge in [-0.2, -0.15) is 0 Å². The van der Waals surface area contributed by atoms with E-state index in [1.54, 1.807) is 24.4 Å². The lowest BCUT2D eigenvalue weighted by Crippen LogP contribution is -2.24. The van der Waals surface area contributed by atoms with Gasteiger partial charge in [-0.05, 0) is 40.5 Å². The van der Waals surface area contributed by atoms with Crippen molar-refractivity contribution in [1.82, 2.24) is 10.3 Å². The van der Waals surface area contributed by atoms with E-state index in [0.717, 1.165) is 22.3 Å². The molecule has 2 aromatic carbocycles. The number of rotatable bonds is 5. The van der Waals surface area contributed by atoms with Gasteiger partial charge in [-0.25, -0.2) is 0 Å². The summed E-state index contributed by atoms with van der Waals surface area (Å²) in [5.41, 5.74) is 3.99. The molecule has 0 fully saturated rings. The van der Waals surface area contributed by atoms with Crippen LogP contribution in [0, 0.1) is 0 Å². The Morgan fingerprint density at radius 2 is 1.79 bits per heavy atom. The van der Waals surface area contributed by atoms with E-state index in [2.05, 4.69) is 10.3 Å². The predicted octanol–water partition coefficient (Wildman–Crippen LogP) is 3.31. The zero-order valence-corrected chi connectivity index (χ0v) is 13.1. The predicted molar refractivity (Wildman–Crippen MR) is 93.3 cm³/mol. The molecular formula is C20H18N2O2. The third-order valence-electron chi connectivity index (χ3n) is 3.71. The Bertz CT molecular complexity index is 815. The van der Waals surface area contributed by atoms with Crippen molar-refractivity contribution in [3.05, 3.63) is 84.2 Å². The first-order valence-corrected chi connectivity index (χ1v) is 7.75. The molecule has 0 spiro atoms. The summed E-state index contributed by atoms with van der Waals surface area (Å²) >= 11 is 0. The number of hydrogen-bond acceptors (Lipinski definition) is 3. The highest BCUT2D eigenvalue weighted by Gasteiger charge is 2.04. The molecule has 1 amide bonds. The second-order valence-electron chi connectivity index (χ2n) is 5.56. The molecule has 2 N–H and O–H groups in total. The highest BCUT2D eigenvalue weighted by Crippen LogP contribution is 2.18. The van der Waals surface area contributed by atoms with Crippen molar-refractivity contribution in [2.45, 2.75) is 13.0 Å². The molecule has 4 heteroatoms. The lowest BCUT2D eigenvalue weighted by molar-refractivity contribution is -0.120. The Balaban J connectivity index is 1.56. The summed E-state index contributed by atoms with van der Waals surface area (Å²) in [4.78, 5) is 16.1. The number of hydrogen-bond donors (Lipinski definition) is 2. The fourth-order valence-corrected chi connectivity index (χ4v) is 2.46. The van der Waals surface area contributed by atoms with E-state index in [1.807, 2.05) is 48.7 Å². The summed E-state index contributed by atoms with van der Waals surface area (Å²) in [6.07, 6.45) is 3.83. The molecule has 0 radical (unpaired) electrons. The molecule has 3 rings (SSSR count). The number of carbonyl (C=O) groups excluding carboxylic acids is 1. The summed E-state index contributed by atoms with van der Waals surface area (Å²) in [5.74, 6) is 0.100. The fraction of sp³-hybridized carbons (Fsp3) is 0.100. The molecule has 1 heterocycles. The highest BCUT2D eigenvalue weighted by molar-refractivity contribution is 5.78. The molecule has 4 nitrogen and oxygen atoms in total. The second kappa shape index (κ2) is 7.42. The first-order chi connectivity index (χ1) is 11.7. The number of benzene rings is 2. The van der Waals surface area contributed by atoms with Gasteiger partial charge in [0.05, 0.1) is 6.42 Å². The molecule has 0 saturated heterocycles. The Kier molecular flexibility index (Phi) is 4.87. The Morgan fingerprint density at radius 1 is 0.958 bits per heavy atom. The van der Waals surface area contributed by atoms with Crippen LogP contribution in [-0.2, 0) is 17.8 Å². The van der Waals surface area contributed by atoms with Gasteiger partial charge < -0.3 is 10.4 Å². The maximum Gasteiger partial charge on any atom is 0.224 e. The molecule has 0 saturated carbocycles. The highest BCUT2D eigenvalue weighted by atomic mass is 16.3. The van der Waals surface area contributed by atoms with Crippen LogP contribution in [0.25, 0.3) is 11.1 Å². The zero-order chi connectivity index (χ0) is 16.8. The van der Waals surface area contributed by atoms with E-state index >= 15 is 0 Å². The van der Waals surface area contributed by atoms with E-state index < -0.39 is 0 Å². The van der Waals surface area contributed by atoms with Crippen LogP contribution in [0.3, 0.4) is 0 Å². The van der Waals surface area contributed by atoms with Crippen LogP contribution in [-0.4, -0.2) is 16.0 Å². The normalized spacial score (nSPS) is 10.3. The Hall–Kier alpha value is -3.14. The van der Waals surface area contributed by atoms with Crippen molar-refractivity contribution < 1.29 is 9.90 Å². The lowest BCUT2D eigenvalue weighted by atomic mass is 10.1. The number of aromatic hydroxyl groups is 1. The van der Waals surface area contributed by atoms with Gasteiger partial charge in [0.25, 0.3) is 0 Å². The fourth-order valence-electron chi connectivity index (χ4n) is 2.46. The minimum absolute atomic E-state index is 0.0723. The first kappa shape index (κ1) is 15.7. The monoisotopic (exact) mass is 318 g/mol. The molecule has 120 valence electrons. The largest absolute Gasteiger partial charge is 0.508 e. The van der Waals surface area contributed by atoms with E-state index in [0.29, 0.717) is 6.54 Å². The van der Waals surface area contributed by atoms with Gasteiger partial charge in [-0.15, -0.1) is 0 Å². The minimum atomic E-state index is -0.0723. The summed E-state index contributed by atoms with van der Waals surface area (Å²) < 4.78 is 0. The van der Waals surface area contributed by atoms with Crippen LogP contribution in [0.1, 0.15) is 11.1 Å². The van der Waals surface area contributed by atoms with Crippen LogP contribution in [0.2, 0.25) is 0 Å². The molecule has 0 atom stereocenters. The lowest BCUT2D eigenvalue weighted by Gasteiger charge is -2.07. The van der Waals surface area contributed by atoms with Crippen LogP contribution < -0.4 is 5.32 Å². The number of phenols is 1. The average Bonchev–Trinajstić information content (AvgIpc) is 2.61. The number of phenolic OH excluding ortho intramolecular Hbond substituents is 1. The van der Waals surface area contributed by atoms with Crippen LogP contribution in [0.5, 0.6) is 5.75 Å². The molecule has 1 aromatic heterocycles. The number of pyridine rings is 1. The maximum atomic E-state index is 12.0. The molecule has 0 unspecified atom stereocenters. The van der Waals surface area contributed by atoms with Gasteiger partial charge in [0, 0.05) is 18.9 Å². The van der Waals surface area contributed by atoms with Crippen molar-refractivity contribution in [3.63, 3.8) is 0 Å². The minimum Gasteiger partial charge on any atom is -0.508 e. The maximum absolute atomic E-state index is 12.0. The Morgan fingerprint density at radius 3 is 2.50 bits per heavy atom. The second-order valence-corrected chi connectivity index (χ2v) is 5.56. The van der Waals surface area contributed by atoms with E-state index in [4.69, 9.17) is 0 Å². The van der Waals surface area contributed by atoms with E-state index in [9.17, 15) is 9.90 Å². The van der Waals surface area contributed by atoms with Crippen molar-refractivity contribution in [3.8, 4) is 16.9 Å². The van der Waals surface area contributed by atoms with Gasteiger partial charge >= 0.3 is 0 Å². The van der Waals surface area contributed by atoms with Crippen molar-refractivity contribution in [2.75, 3.05) is 0 Å². The number of aromatic nitrogens is 1. The van der Waals surface area contributed by atoms with E-state index in [1.165, 1.54) is 0 Å². The number of carbonyl (C=O) groups is 1. The smallest absolute Gasteiger partial charge is 0.224 e. The van der Waals surface area contributed by atoms with Gasteiger partial charge in [-0.3, -0.25) is 9.78 Å². The van der Waals surface area contributed by atoms with Gasteiger partial charge in [0.1, 0.15) is 5.75 Å². The van der Waals surface area contributed by atoms with Crippen LogP contribution in [0.4, 0.5) is 0 Å². The Labute approximate surface area is 140 Å². The molecule has 0 aliphatic heterocycles. The van der Waals surface area contributed by atoms with Crippen molar-refractivity contribution >= 4 is 5.91 Å². The summed E-state index contributed by atoms with van der Waals surface area (Å²) in [6.45, 7) is 0.477. The van der Waals surface area contributed by atoms with Gasteiger partial charge in [-0.1, -0.05) is 42.5 Å². The van der Waals surface area contributed by atoms with E-state index in [-0.39, 0.29) is 18.1 Å². The number of nitrogens with one attached hydrogen (secondary N) is 1. The van der Waals surface area contributed by atoms with Crippen molar-refractivity contribution in [2.24, 2.45) is 0 Å². The third-order valence-corrected chi connectivity index (χ3v) is 3.71. The first-order valence-electron chi connectivity index (χ1n) is 7.75. The van der Waals surface area contributed by atoms with Crippen LogP contribution in [0.15, 0.2) is 73.1 Å². The average molecular weight is 318 g/mol.